The molecule has 0 saturated heterocycles. The van der Waals surface area contributed by atoms with Crippen molar-refractivity contribution in [3.63, 3.8) is 0 Å². The topological polar surface area (TPSA) is 42.7 Å². The lowest BCUT2D eigenvalue weighted by Crippen LogP contribution is -2.39. The van der Waals surface area contributed by atoms with E-state index in [4.69, 9.17) is 0 Å². The summed E-state index contributed by atoms with van der Waals surface area (Å²) in [5, 5.41) is 9.24. The third kappa shape index (κ3) is 1.62. The van der Waals surface area contributed by atoms with E-state index in [0.717, 1.165) is 22.7 Å². The van der Waals surface area contributed by atoms with Gasteiger partial charge < -0.3 is 5.43 Å². The maximum absolute atomic E-state index is 4.13. The first-order valence-corrected chi connectivity index (χ1v) is 6.64. The van der Waals surface area contributed by atoms with E-state index in [2.05, 4.69) is 20.3 Å². The quantitative estimate of drug-likeness (QED) is 0.790. The minimum atomic E-state index is 0.611. The van der Waals surface area contributed by atoms with Crippen LogP contribution in [-0.4, -0.2) is 26.7 Å². The van der Waals surface area contributed by atoms with Crippen molar-refractivity contribution in [2.45, 2.75) is 43.8 Å². The number of fused-ring (bicyclic) bond motifs is 1. The minimum Gasteiger partial charge on any atom is -0.318 e. The van der Waals surface area contributed by atoms with Gasteiger partial charge in [0, 0.05) is 5.75 Å². The van der Waals surface area contributed by atoms with Crippen LogP contribution in [0.2, 0.25) is 0 Å². The highest BCUT2D eigenvalue weighted by atomic mass is 32.2. The van der Waals surface area contributed by atoms with Gasteiger partial charge in [0.2, 0.25) is 5.16 Å². The van der Waals surface area contributed by atoms with Crippen molar-refractivity contribution >= 4 is 11.8 Å². The molecule has 0 aromatic carbocycles. The summed E-state index contributed by atoms with van der Waals surface area (Å²) in [5.74, 6) is 2.97. The minimum absolute atomic E-state index is 0.611. The zero-order chi connectivity index (χ0) is 10.3. The molecule has 5 heteroatoms. The molecule has 1 N–H and O–H groups in total. The van der Waals surface area contributed by atoms with Crippen LogP contribution in [0.25, 0.3) is 0 Å². The van der Waals surface area contributed by atoms with Crippen LogP contribution in [-0.2, 0) is 0 Å². The van der Waals surface area contributed by atoms with Crippen LogP contribution in [0.3, 0.4) is 0 Å². The predicted octanol–water partition coefficient (Wildman–Crippen LogP) is 1.79. The molecule has 0 spiro atoms. The molecule has 1 aromatic rings. The smallest absolute Gasteiger partial charge is 0.210 e. The van der Waals surface area contributed by atoms with Gasteiger partial charge in [-0.05, 0) is 25.7 Å². The number of aromatic nitrogens is 3. The van der Waals surface area contributed by atoms with E-state index in [1.54, 1.807) is 0 Å². The Morgan fingerprint density at radius 3 is 2.93 bits per heavy atom. The van der Waals surface area contributed by atoms with E-state index in [0.29, 0.717) is 6.04 Å². The fourth-order valence-corrected chi connectivity index (χ4v) is 3.64. The van der Waals surface area contributed by atoms with Crippen LogP contribution in [0, 0.1) is 12.8 Å². The van der Waals surface area contributed by atoms with Crippen molar-refractivity contribution < 1.29 is 0 Å². The Morgan fingerprint density at radius 1 is 1.33 bits per heavy atom. The van der Waals surface area contributed by atoms with Crippen molar-refractivity contribution in [1.29, 1.82) is 0 Å². The molecule has 2 aliphatic rings. The lowest BCUT2D eigenvalue weighted by atomic mass is 10.0. The van der Waals surface area contributed by atoms with Crippen molar-refractivity contribution in [3.05, 3.63) is 5.82 Å². The summed E-state index contributed by atoms with van der Waals surface area (Å²) in [5.41, 5.74) is 3.56. The van der Waals surface area contributed by atoms with Crippen molar-refractivity contribution in [1.82, 2.24) is 14.9 Å². The molecule has 3 rings (SSSR count). The SMILES string of the molecule is Cc1nnc2n1NC(C1CCCC1)CS2. The van der Waals surface area contributed by atoms with Gasteiger partial charge in [-0.15, -0.1) is 10.2 Å². The number of aryl methyl sites for hydroxylation is 1. The molecule has 0 amide bonds. The highest BCUT2D eigenvalue weighted by Crippen LogP contribution is 2.33. The fourth-order valence-electron chi connectivity index (χ4n) is 2.55. The van der Waals surface area contributed by atoms with Crippen LogP contribution < -0.4 is 5.43 Å². The second kappa shape index (κ2) is 3.70. The second-order valence-electron chi connectivity index (χ2n) is 4.46. The zero-order valence-electron chi connectivity index (χ0n) is 8.94. The molecule has 4 nitrogen and oxygen atoms in total. The number of hydrogen-bond acceptors (Lipinski definition) is 4. The Bertz CT molecular complexity index is 356. The molecule has 15 heavy (non-hydrogen) atoms. The van der Waals surface area contributed by atoms with Gasteiger partial charge in [0.15, 0.2) is 0 Å². The number of nitrogens with zero attached hydrogens (tertiary/aromatic N) is 3. The molecule has 1 aliphatic carbocycles. The van der Waals surface area contributed by atoms with Crippen molar-refractivity contribution in [2.75, 3.05) is 11.2 Å². The summed E-state index contributed by atoms with van der Waals surface area (Å²) in [6.45, 7) is 2.00. The number of hydrogen-bond donors (Lipinski definition) is 1. The Hall–Kier alpha value is -0.710. The van der Waals surface area contributed by atoms with Gasteiger partial charge in [-0.2, -0.15) is 0 Å². The normalized spacial score (nSPS) is 26.3. The van der Waals surface area contributed by atoms with Gasteiger partial charge in [-0.25, -0.2) is 4.68 Å². The summed E-state index contributed by atoms with van der Waals surface area (Å²) in [4.78, 5) is 0. The summed E-state index contributed by atoms with van der Waals surface area (Å²) < 4.78 is 2.05. The molecule has 0 radical (unpaired) electrons. The molecule has 1 aliphatic heterocycles. The monoisotopic (exact) mass is 224 g/mol. The third-order valence-corrected chi connectivity index (χ3v) is 4.50. The van der Waals surface area contributed by atoms with Crippen molar-refractivity contribution in [3.8, 4) is 0 Å². The standard InChI is InChI=1S/C10H16N4S/c1-7-11-12-10-14(7)13-9(6-15-10)8-4-2-3-5-8/h8-9,13H,2-6H2,1H3. The van der Waals surface area contributed by atoms with E-state index in [1.165, 1.54) is 25.7 Å². The number of rotatable bonds is 1. The molecule has 1 unspecified atom stereocenters. The van der Waals surface area contributed by atoms with Gasteiger partial charge in [0.05, 0.1) is 6.04 Å². The molecule has 1 fully saturated rings. The molecule has 0 bridgehead atoms. The van der Waals surface area contributed by atoms with Gasteiger partial charge in [-0.3, -0.25) is 0 Å². The van der Waals surface area contributed by atoms with Gasteiger partial charge >= 0.3 is 0 Å². The molecule has 82 valence electrons. The molecule has 1 saturated carbocycles. The van der Waals surface area contributed by atoms with Gasteiger partial charge in [0.25, 0.3) is 0 Å². The average Bonchev–Trinajstić information content (AvgIpc) is 2.88. The van der Waals surface area contributed by atoms with Crippen LogP contribution in [0.15, 0.2) is 5.16 Å². The molecule has 1 atom stereocenters. The molecular formula is C10H16N4S. The number of thioether (sulfide) groups is 1. The first kappa shape index (κ1) is 9.51. The van der Waals surface area contributed by atoms with Crippen molar-refractivity contribution in [2.24, 2.45) is 5.92 Å². The third-order valence-electron chi connectivity index (χ3n) is 3.45. The molecule has 1 aromatic heterocycles. The van der Waals surface area contributed by atoms with Gasteiger partial charge in [-0.1, -0.05) is 24.6 Å². The fraction of sp³-hybridized carbons (Fsp3) is 0.800. The maximum atomic E-state index is 4.13. The Labute approximate surface area is 93.8 Å². The number of nitrogens with one attached hydrogen (secondary N) is 1. The molecule has 2 heterocycles. The van der Waals surface area contributed by atoms with E-state index < -0.39 is 0 Å². The Kier molecular flexibility index (Phi) is 2.35. The summed E-state index contributed by atoms with van der Waals surface area (Å²) >= 11 is 1.83. The summed E-state index contributed by atoms with van der Waals surface area (Å²) in [6, 6.07) is 0.611. The Balaban J connectivity index is 1.78. The first-order chi connectivity index (χ1) is 7.34. The van der Waals surface area contributed by atoms with E-state index in [9.17, 15) is 0 Å². The van der Waals surface area contributed by atoms with E-state index >= 15 is 0 Å². The Morgan fingerprint density at radius 2 is 2.13 bits per heavy atom. The summed E-state index contributed by atoms with van der Waals surface area (Å²) in [7, 11) is 0. The van der Waals surface area contributed by atoms with Crippen LogP contribution in [0.5, 0.6) is 0 Å². The van der Waals surface area contributed by atoms with E-state index in [1.807, 2.05) is 18.7 Å². The lowest BCUT2D eigenvalue weighted by molar-refractivity contribution is 0.442. The predicted molar refractivity (Wildman–Crippen MR) is 60.6 cm³/mol. The lowest BCUT2D eigenvalue weighted by Gasteiger charge is -2.30. The first-order valence-electron chi connectivity index (χ1n) is 5.66. The molecular weight excluding hydrogens is 208 g/mol. The average molecular weight is 224 g/mol. The highest BCUT2D eigenvalue weighted by molar-refractivity contribution is 7.99. The van der Waals surface area contributed by atoms with E-state index in [-0.39, 0.29) is 0 Å². The summed E-state index contributed by atoms with van der Waals surface area (Å²) in [6.07, 6.45) is 5.58. The van der Waals surface area contributed by atoms with Gasteiger partial charge in [0.1, 0.15) is 5.82 Å². The highest BCUT2D eigenvalue weighted by Gasteiger charge is 2.29. The maximum Gasteiger partial charge on any atom is 0.210 e. The largest absolute Gasteiger partial charge is 0.318 e. The second-order valence-corrected chi connectivity index (χ2v) is 5.44. The van der Waals surface area contributed by atoms with Crippen LogP contribution in [0.4, 0.5) is 0 Å². The van der Waals surface area contributed by atoms with Crippen LogP contribution >= 0.6 is 11.8 Å². The van der Waals surface area contributed by atoms with Crippen LogP contribution in [0.1, 0.15) is 31.5 Å². The zero-order valence-corrected chi connectivity index (χ0v) is 9.76.